The summed E-state index contributed by atoms with van der Waals surface area (Å²) in [7, 11) is 1.60. The highest BCUT2D eigenvalue weighted by atomic mass is 16.5. The lowest BCUT2D eigenvalue weighted by atomic mass is 10.1. The molecule has 2 aromatic carbocycles. The predicted molar refractivity (Wildman–Crippen MR) is 99.6 cm³/mol. The molecule has 2 heteroatoms. The lowest BCUT2D eigenvalue weighted by Crippen LogP contribution is -1.91. The van der Waals surface area contributed by atoms with Crippen molar-refractivity contribution < 1.29 is 9.53 Å². The minimum absolute atomic E-state index is 0.0765. The van der Waals surface area contributed by atoms with Crippen molar-refractivity contribution in [1.82, 2.24) is 0 Å². The summed E-state index contributed by atoms with van der Waals surface area (Å²) in [6.07, 6.45) is 1.14. The Morgan fingerprint density at radius 1 is 0.957 bits per heavy atom. The molecule has 0 saturated carbocycles. The third kappa shape index (κ3) is 7.64. The van der Waals surface area contributed by atoms with E-state index in [1.165, 1.54) is 16.7 Å². The van der Waals surface area contributed by atoms with Gasteiger partial charge in [0, 0.05) is 5.56 Å². The third-order valence-electron chi connectivity index (χ3n) is 3.48. The molecule has 2 nitrogen and oxygen atoms in total. The highest BCUT2D eigenvalue weighted by Crippen LogP contribution is 2.11. The molecule has 2 rings (SSSR count). The molecule has 0 aliphatic heterocycles. The van der Waals surface area contributed by atoms with E-state index < -0.39 is 0 Å². The lowest BCUT2D eigenvalue weighted by molar-refractivity contribution is 0.101. The van der Waals surface area contributed by atoms with Gasteiger partial charge in [0.1, 0.15) is 5.75 Å². The minimum atomic E-state index is 0.0765. The van der Waals surface area contributed by atoms with Gasteiger partial charge in [-0.3, -0.25) is 4.79 Å². The molecule has 0 fully saturated rings. The van der Waals surface area contributed by atoms with Gasteiger partial charge in [-0.05, 0) is 68.1 Å². The first kappa shape index (κ1) is 20.9. The molecule has 0 unspecified atom stereocenters. The first-order valence-electron chi connectivity index (χ1n) is 8.19. The summed E-state index contributed by atoms with van der Waals surface area (Å²) in [5.74, 6) is 0.850. The molecule has 0 aromatic heterocycles. The minimum Gasteiger partial charge on any atom is -0.497 e. The van der Waals surface area contributed by atoms with E-state index in [2.05, 4.69) is 39.0 Å². The van der Waals surface area contributed by atoms with E-state index in [1.54, 1.807) is 38.3 Å². The van der Waals surface area contributed by atoms with Gasteiger partial charge >= 0.3 is 0 Å². The summed E-state index contributed by atoms with van der Waals surface area (Å²) in [5.41, 5.74) is 4.94. The highest BCUT2D eigenvalue weighted by Gasteiger charge is 1.97. The second kappa shape index (κ2) is 11.5. The predicted octanol–water partition coefficient (Wildman–Crippen LogP) is 5.79. The summed E-state index contributed by atoms with van der Waals surface area (Å²) < 4.78 is 4.94. The molecular weight excluding hydrogens is 284 g/mol. The smallest absolute Gasteiger partial charge is 0.159 e. The highest BCUT2D eigenvalue weighted by molar-refractivity contribution is 5.94. The standard InChI is InChI=1S/C10H14.C9H10O2.C2H6/c1-4-10-6-5-8(2)9(3)7-10;1-7(10)8-3-5-9(11-2)6-4-8;1-2/h5-7H,4H2,1-3H3;3-6H,1-2H3;1-2H3. The van der Waals surface area contributed by atoms with Crippen LogP contribution in [0.5, 0.6) is 5.75 Å². The Morgan fingerprint density at radius 2 is 1.52 bits per heavy atom. The molecule has 0 saturated heterocycles. The summed E-state index contributed by atoms with van der Waals surface area (Å²) in [5, 5.41) is 0. The summed E-state index contributed by atoms with van der Waals surface area (Å²) in [6.45, 7) is 12.0. The second-order valence-corrected chi connectivity index (χ2v) is 5.06. The Balaban J connectivity index is 0.000000381. The quantitative estimate of drug-likeness (QED) is 0.670. The van der Waals surface area contributed by atoms with Crippen molar-refractivity contribution in [1.29, 1.82) is 0 Å². The first-order chi connectivity index (χ1) is 11.0. The second-order valence-electron chi connectivity index (χ2n) is 5.06. The van der Waals surface area contributed by atoms with Crippen LogP contribution < -0.4 is 4.74 Å². The third-order valence-corrected chi connectivity index (χ3v) is 3.48. The molecule has 0 aliphatic carbocycles. The summed E-state index contributed by atoms with van der Waals surface area (Å²) in [4.78, 5) is 10.8. The molecule has 0 N–H and O–H groups in total. The van der Waals surface area contributed by atoms with Crippen LogP contribution in [-0.4, -0.2) is 12.9 Å². The van der Waals surface area contributed by atoms with E-state index in [0.29, 0.717) is 5.56 Å². The largest absolute Gasteiger partial charge is 0.497 e. The zero-order valence-electron chi connectivity index (χ0n) is 15.6. The molecular formula is C21H30O2. The Hall–Kier alpha value is -2.09. The molecule has 0 radical (unpaired) electrons. The Bertz CT molecular complexity index is 583. The number of benzene rings is 2. The van der Waals surface area contributed by atoms with Gasteiger partial charge in [0.2, 0.25) is 0 Å². The van der Waals surface area contributed by atoms with Crippen molar-refractivity contribution in [3.63, 3.8) is 0 Å². The SMILES string of the molecule is CC.CCc1ccc(C)c(C)c1.COc1ccc(C(C)=O)cc1. The molecule has 0 bridgehead atoms. The molecule has 0 amide bonds. The number of aryl methyl sites for hydroxylation is 3. The average Bonchev–Trinajstić information content (AvgIpc) is 2.59. The van der Waals surface area contributed by atoms with Gasteiger partial charge in [-0.15, -0.1) is 0 Å². The van der Waals surface area contributed by atoms with E-state index in [4.69, 9.17) is 4.74 Å². The maximum absolute atomic E-state index is 10.8. The molecule has 23 heavy (non-hydrogen) atoms. The van der Waals surface area contributed by atoms with E-state index in [9.17, 15) is 4.79 Å². The van der Waals surface area contributed by atoms with Gasteiger partial charge in [0.05, 0.1) is 7.11 Å². The van der Waals surface area contributed by atoms with Crippen LogP contribution in [0.2, 0.25) is 0 Å². The number of ether oxygens (including phenoxy) is 1. The van der Waals surface area contributed by atoms with Crippen LogP contribution in [0.15, 0.2) is 42.5 Å². The van der Waals surface area contributed by atoms with E-state index >= 15 is 0 Å². The van der Waals surface area contributed by atoms with Crippen LogP contribution in [-0.2, 0) is 6.42 Å². The zero-order valence-corrected chi connectivity index (χ0v) is 15.6. The molecule has 0 heterocycles. The number of carbonyl (C=O) groups excluding carboxylic acids is 1. The number of methoxy groups -OCH3 is 1. The van der Waals surface area contributed by atoms with Crippen LogP contribution in [0.25, 0.3) is 0 Å². The van der Waals surface area contributed by atoms with Gasteiger partial charge in [-0.1, -0.05) is 39.0 Å². The fourth-order valence-electron chi connectivity index (χ4n) is 1.85. The monoisotopic (exact) mass is 314 g/mol. The lowest BCUT2D eigenvalue weighted by Gasteiger charge is -2.01. The number of Topliss-reactive ketones (excluding diaryl/α,β-unsaturated/α-hetero) is 1. The number of rotatable bonds is 3. The summed E-state index contributed by atoms with van der Waals surface area (Å²) in [6, 6.07) is 13.7. The van der Waals surface area contributed by atoms with Crippen molar-refractivity contribution >= 4 is 5.78 Å². The van der Waals surface area contributed by atoms with Gasteiger partial charge in [-0.25, -0.2) is 0 Å². The molecule has 126 valence electrons. The number of ketones is 1. The van der Waals surface area contributed by atoms with Gasteiger partial charge in [0.25, 0.3) is 0 Å². The maximum atomic E-state index is 10.8. The first-order valence-corrected chi connectivity index (χ1v) is 8.19. The van der Waals surface area contributed by atoms with E-state index in [-0.39, 0.29) is 5.78 Å². The van der Waals surface area contributed by atoms with Crippen molar-refractivity contribution in [3.05, 3.63) is 64.7 Å². The Morgan fingerprint density at radius 3 is 1.91 bits per heavy atom. The maximum Gasteiger partial charge on any atom is 0.159 e. The average molecular weight is 314 g/mol. The van der Waals surface area contributed by atoms with Gasteiger partial charge < -0.3 is 4.74 Å². The van der Waals surface area contributed by atoms with Crippen molar-refractivity contribution in [2.24, 2.45) is 0 Å². The van der Waals surface area contributed by atoms with Gasteiger partial charge in [0.15, 0.2) is 5.78 Å². The fraction of sp³-hybridized carbons (Fsp3) is 0.381. The summed E-state index contributed by atoms with van der Waals surface area (Å²) >= 11 is 0. The molecule has 0 spiro atoms. The van der Waals surface area contributed by atoms with Crippen LogP contribution in [0, 0.1) is 13.8 Å². The Kier molecular flexibility index (Phi) is 10.4. The number of carbonyl (C=O) groups is 1. The van der Waals surface area contributed by atoms with E-state index in [0.717, 1.165) is 12.2 Å². The fourth-order valence-corrected chi connectivity index (χ4v) is 1.85. The van der Waals surface area contributed by atoms with Crippen LogP contribution in [0.3, 0.4) is 0 Å². The normalized spacial score (nSPS) is 9.00. The van der Waals surface area contributed by atoms with Crippen LogP contribution in [0.4, 0.5) is 0 Å². The number of hydrogen-bond donors (Lipinski definition) is 0. The van der Waals surface area contributed by atoms with E-state index in [1.807, 2.05) is 13.8 Å². The number of hydrogen-bond acceptors (Lipinski definition) is 2. The Labute approximate surface area is 141 Å². The van der Waals surface area contributed by atoms with Crippen molar-refractivity contribution in [2.75, 3.05) is 7.11 Å². The molecule has 0 atom stereocenters. The van der Waals surface area contributed by atoms with Crippen molar-refractivity contribution in [2.45, 2.75) is 48.0 Å². The molecule has 2 aromatic rings. The zero-order chi connectivity index (χ0) is 17.8. The molecule has 0 aliphatic rings. The van der Waals surface area contributed by atoms with Crippen LogP contribution >= 0.6 is 0 Å². The van der Waals surface area contributed by atoms with Gasteiger partial charge in [-0.2, -0.15) is 0 Å². The van der Waals surface area contributed by atoms with Crippen LogP contribution in [0.1, 0.15) is 54.7 Å². The topological polar surface area (TPSA) is 26.3 Å². The van der Waals surface area contributed by atoms with Crippen molar-refractivity contribution in [3.8, 4) is 5.75 Å².